The number of nitrogens with one attached hydrogen (secondary N) is 3. The lowest BCUT2D eigenvalue weighted by Gasteiger charge is -2.02. The van der Waals surface area contributed by atoms with Crippen LogP contribution >= 0.6 is 11.6 Å². The Morgan fingerprint density at radius 2 is 2.12 bits per heavy atom. The van der Waals surface area contributed by atoms with Crippen molar-refractivity contribution in [2.75, 3.05) is 0 Å². The van der Waals surface area contributed by atoms with Gasteiger partial charge in [-0.25, -0.2) is 0 Å². The number of aromatic amines is 2. The van der Waals surface area contributed by atoms with Crippen LogP contribution in [0.1, 0.15) is 16.2 Å². The molecule has 0 fully saturated rings. The number of carbonyl (C=O) groups is 1. The second-order valence-corrected chi connectivity index (χ2v) is 5.11. The number of aromatic nitrogens is 4. The summed E-state index contributed by atoms with van der Waals surface area (Å²) in [5.41, 5.74) is -0.0869. The number of amides is 1. The summed E-state index contributed by atoms with van der Waals surface area (Å²) in [5, 5.41) is 6.21. The molecule has 3 N–H and O–H groups in total. The summed E-state index contributed by atoms with van der Waals surface area (Å²) in [6.45, 7) is -0.0221. The highest BCUT2D eigenvalue weighted by Gasteiger charge is 2.12. The molecule has 0 saturated heterocycles. The van der Waals surface area contributed by atoms with Crippen molar-refractivity contribution in [1.82, 2.24) is 25.4 Å². The molecule has 0 aromatic carbocycles. The fraction of sp³-hybridized carbons (Fsp3) is 0.0714. The van der Waals surface area contributed by atoms with Gasteiger partial charge in [0.15, 0.2) is 0 Å². The molecule has 0 saturated carbocycles. The molecule has 0 bridgehead atoms. The van der Waals surface area contributed by atoms with Crippen LogP contribution in [0.5, 0.6) is 0 Å². The molecule has 3 rings (SSSR count). The Labute approximate surface area is 138 Å². The Morgan fingerprint density at radius 1 is 1.29 bits per heavy atom. The van der Waals surface area contributed by atoms with E-state index in [0.717, 1.165) is 0 Å². The van der Waals surface area contributed by atoms with Crippen LogP contribution in [0.25, 0.3) is 11.4 Å². The van der Waals surface area contributed by atoms with Gasteiger partial charge in [0.25, 0.3) is 11.5 Å². The van der Waals surface area contributed by atoms with Gasteiger partial charge < -0.3 is 19.8 Å². The van der Waals surface area contributed by atoms with Crippen LogP contribution in [-0.4, -0.2) is 26.0 Å². The fourth-order valence-corrected chi connectivity index (χ4v) is 2.04. The zero-order valence-electron chi connectivity index (χ0n) is 12.0. The molecule has 0 radical (unpaired) electrons. The van der Waals surface area contributed by atoms with E-state index in [0.29, 0.717) is 5.56 Å². The summed E-state index contributed by atoms with van der Waals surface area (Å²) >= 11 is 5.67. The molecular formula is C14H10ClN5O4. The van der Waals surface area contributed by atoms with Crippen molar-refractivity contribution in [3.8, 4) is 11.4 Å². The number of hydrogen-bond donors (Lipinski definition) is 3. The van der Waals surface area contributed by atoms with Gasteiger partial charge in [-0.15, -0.1) is 0 Å². The minimum Gasteiger partial charge on any atom is -0.343 e. The third-order valence-electron chi connectivity index (χ3n) is 3.02. The molecule has 3 aromatic rings. The Morgan fingerprint density at radius 3 is 2.88 bits per heavy atom. The van der Waals surface area contributed by atoms with Gasteiger partial charge in [-0.1, -0.05) is 16.8 Å². The lowest BCUT2D eigenvalue weighted by atomic mass is 10.2. The van der Waals surface area contributed by atoms with Crippen molar-refractivity contribution in [2.24, 2.45) is 0 Å². The van der Waals surface area contributed by atoms with Crippen LogP contribution < -0.4 is 16.4 Å². The van der Waals surface area contributed by atoms with E-state index in [1.54, 1.807) is 6.07 Å². The normalized spacial score (nSPS) is 10.5. The van der Waals surface area contributed by atoms with Crippen LogP contribution in [0.2, 0.25) is 5.02 Å². The quantitative estimate of drug-likeness (QED) is 0.636. The van der Waals surface area contributed by atoms with E-state index in [4.69, 9.17) is 16.1 Å². The summed E-state index contributed by atoms with van der Waals surface area (Å²) in [7, 11) is 0. The number of H-pyrrole nitrogens is 2. The smallest absolute Gasteiger partial charge is 0.266 e. The Hall–Kier alpha value is -3.20. The van der Waals surface area contributed by atoms with Crippen LogP contribution in [0.4, 0.5) is 0 Å². The first-order valence-corrected chi connectivity index (χ1v) is 7.09. The molecular weight excluding hydrogens is 338 g/mol. The summed E-state index contributed by atoms with van der Waals surface area (Å²) in [4.78, 5) is 43.3. The minimum atomic E-state index is -0.479. The predicted octanol–water partition coefficient (Wildman–Crippen LogP) is 0.697. The maximum Gasteiger partial charge on any atom is 0.266 e. The maximum atomic E-state index is 12.0. The second kappa shape index (κ2) is 6.50. The van der Waals surface area contributed by atoms with Crippen molar-refractivity contribution >= 4 is 17.5 Å². The summed E-state index contributed by atoms with van der Waals surface area (Å²) in [6.07, 6.45) is 2.72. The molecule has 0 aliphatic carbocycles. The topological polar surface area (TPSA) is 134 Å². The predicted molar refractivity (Wildman–Crippen MR) is 83.6 cm³/mol. The van der Waals surface area contributed by atoms with Gasteiger partial charge in [0.2, 0.25) is 17.3 Å². The van der Waals surface area contributed by atoms with Crippen LogP contribution in [0.3, 0.4) is 0 Å². The van der Waals surface area contributed by atoms with E-state index < -0.39 is 11.5 Å². The van der Waals surface area contributed by atoms with Crippen LogP contribution in [0.15, 0.2) is 44.7 Å². The van der Waals surface area contributed by atoms with E-state index >= 15 is 0 Å². The van der Waals surface area contributed by atoms with Gasteiger partial charge in [0, 0.05) is 24.0 Å². The Kier molecular flexibility index (Phi) is 4.25. The van der Waals surface area contributed by atoms with Crippen LogP contribution in [0, 0.1) is 0 Å². The average Bonchev–Trinajstić information content (AvgIpc) is 3.04. The SMILES string of the molecule is O=C(NCc1nc(-c2cc[nH]c(=O)c2)no1)c1c[nH]c(=O)c(Cl)c1. The Bertz CT molecular complexity index is 1010. The molecule has 0 unspecified atom stereocenters. The fourth-order valence-electron chi connectivity index (χ4n) is 1.87. The zero-order valence-corrected chi connectivity index (χ0v) is 12.8. The van der Waals surface area contributed by atoms with Gasteiger partial charge in [0.1, 0.15) is 5.02 Å². The third-order valence-corrected chi connectivity index (χ3v) is 3.30. The first-order valence-electron chi connectivity index (χ1n) is 6.71. The first kappa shape index (κ1) is 15.7. The van der Waals surface area contributed by atoms with Gasteiger partial charge >= 0.3 is 0 Å². The number of nitrogens with zero attached hydrogens (tertiary/aromatic N) is 2. The van der Waals surface area contributed by atoms with E-state index in [2.05, 4.69) is 25.4 Å². The van der Waals surface area contributed by atoms with E-state index in [-0.39, 0.29) is 34.4 Å². The van der Waals surface area contributed by atoms with E-state index in [1.165, 1.54) is 24.5 Å². The lowest BCUT2D eigenvalue weighted by molar-refractivity contribution is 0.0946. The van der Waals surface area contributed by atoms with Gasteiger partial charge in [0.05, 0.1) is 12.1 Å². The summed E-state index contributed by atoms with van der Waals surface area (Å²) in [5.74, 6) is -0.0735. The molecule has 0 spiro atoms. The molecule has 0 aliphatic rings. The lowest BCUT2D eigenvalue weighted by Crippen LogP contribution is -2.24. The van der Waals surface area contributed by atoms with E-state index in [1.807, 2.05) is 0 Å². The largest absolute Gasteiger partial charge is 0.343 e. The molecule has 122 valence electrons. The number of hydrogen-bond acceptors (Lipinski definition) is 6. The number of rotatable bonds is 4. The van der Waals surface area contributed by atoms with Crippen molar-refractivity contribution in [3.05, 3.63) is 67.8 Å². The number of carbonyl (C=O) groups excluding carboxylic acids is 1. The molecule has 3 aromatic heterocycles. The van der Waals surface area contributed by atoms with Gasteiger partial charge in [-0.3, -0.25) is 14.4 Å². The van der Waals surface area contributed by atoms with Crippen molar-refractivity contribution in [3.63, 3.8) is 0 Å². The van der Waals surface area contributed by atoms with Crippen molar-refractivity contribution in [1.29, 1.82) is 0 Å². The summed E-state index contributed by atoms with van der Waals surface area (Å²) < 4.78 is 5.02. The molecule has 24 heavy (non-hydrogen) atoms. The molecule has 3 heterocycles. The first-order chi connectivity index (χ1) is 11.5. The van der Waals surface area contributed by atoms with Crippen LogP contribution in [-0.2, 0) is 6.54 Å². The number of pyridine rings is 2. The zero-order chi connectivity index (χ0) is 17.1. The molecule has 1 amide bonds. The maximum absolute atomic E-state index is 12.0. The molecule has 0 aliphatic heterocycles. The number of halogens is 1. The highest BCUT2D eigenvalue weighted by Crippen LogP contribution is 2.12. The molecule has 10 heteroatoms. The highest BCUT2D eigenvalue weighted by molar-refractivity contribution is 6.30. The standard InChI is InChI=1S/C14H10ClN5O4/c15-9-3-8(5-17-14(9)23)13(22)18-6-11-19-12(20-24-11)7-1-2-16-10(21)4-7/h1-5H,6H2,(H,16,21)(H,17,23)(H,18,22). The van der Waals surface area contributed by atoms with Gasteiger partial charge in [-0.05, 0) is 12.1 Å². The Balaban J connectivity index is 1.69. The van der Waals surface area contributed by atoms with Crippen molar-refractivity contribution < 1.29 is 9.32 Å². The third kappa shape index (κ3) is 3.41. The highest BCUT2D eigenvalue weighted by atomic mass is 35.5. The van der Waals surface area contributed by atoms with Crippen molar-refractivity contribution in [2.45, 2.75) is 6.54 Å². The minimum absolute atomic E-state index is 0.0221. The average molecular weight is 348 g/mol. The second-order valence-electron chi connectivity index (χ2n) is 4.70. The monoisotopic (exact) mass is 347 g/mol. The molecule has 9 nitrogen and oxygen atoms in total. The van der Waals surface area contributed by atoms with Gasteiger partial charge in [-0.2, -0.15) is 4.98 Å². The molecule has 0 atom stereocenters. The van der Waals surface area contributed by atoms with E-state index in [9.17, 15) is 14.4 Å². The summed E-state index contributed by atoms with van der Waals surface area (Å²) in [6, 6.07) is 4.21.